The van der Waals surface area contributed by atoms with Crippen LogP contribution in [0.3, 0.4) is 0 Å². The summed E-state index contributed by atoms with van der Waals surface area (Å²) in [5.74, 6) is -0.938. The van der Waals surface area contributed by atoms with Crippen LogP contribution in [0.2, 0.25) is 5.02 Å². The molecule has 4 rings (SSSR count). The molecule has 1 saturated carbocycles. The van der Waals surface area contributed by atoms with Gasteiger partial charge in [0.2, 0.25) is 0 Å². The average molecular weight is 493 g/mol. The number of rotatable bonds is 8. The Balaban J connectivity index is 1.58. The first-order valence-corrected chi connectivity index (χ1v) is 11.1. The fourth-order valence-corrected chi connectivity index (χ4v) is 4.14. The number of benzene rings is 2. The second kappa shape index (κ2) is 9.63. The van der Waals surface area contributed by atoms with E-state index < -0.39 is 12.5 Å². The first kappa shape index (κ1) is 22.8. The molecule has 0 radical (unpaired) electrons. The van der Waals surface area contributed by atoms with Crippen molar-refractivity contribution in [3.63, 3.8) is 0 Å². The minimum Gasteiger partial charge on any atom is -0.435 e. The Bertz CT molecular complexity index is 1170. The number of alkyl halides is 2. The molecule has 0 saturated heterocycles. The van der Waals surface area contributed by atoms with E-state index in [0.29, 0.717) is 21.4 Å². The molecule has 33 heavy (non-hydrogen) atoms. The van der Waals surface area contributed by atoms with Crippen LogP contribution in [-0.4, -0.2) is 24.5 Å². The lowest BCUT2D eigenvalue weighted by molar-refractivity contribution is -0.0498. The number of hydrogen-bond acceptors (Lipinski definition) is 6. The van der Waals surface area contributed by atoms with Gasteiger partial charge in [-0.25, -0.2) is 0 Å². The van der Waals surface area contributed by atoms with Gasteiger partial charge in [0, 0.05) is 22.4 Å². The van der Waals surface area contributed by atoms with Gasteiger partial charge in [-0.2, -0.15) is 8.78 Å². The van der Waals surface area contributed by atoms with Gasteiger partial charge in [-0.15, -0.1) is 11.3 Å². The third-order valence-electron chi connectivity index (χ3n) is 4.73. The Kier molecular flexibility index (Phi) is 6.66. The zero-order valence-electron chi connectivity index (χ0n) is 17.0. The average Bonchev–Trinajstić information content (AvgIpc) is 3.52. The van der Waals surface area contributed by atoms with Gasteiger partial charge in [0.1, 0.15) is 15.6 Å². The SMILES string of the molecule is Nc1c(C(=O)Nc2ccc(OC(F)F)cc2)sc(Nc2ccc(Cl)cc2)c1C(=O)NC1CC1. The highest BCUT2D eigenvalue weighted by molar-refractivity contribution is 7.19. The summed E-state index contributed by atoms with van der Waals surface area (Å²) in [6, 6.07) is 12.4. The molecule has 0 spiro atoms. The second-order valence-corrected chi connectivity index (χ2v) is 8.74. The predicted octanol–water partition coefficient (Wildman–Crippen LogP) is 5.47. The molecule has 0 atom stereocenters. The maximum absolute atomic E-state index is 12.9. The van der Waals surface area contributed by atoms with Crippen LogP contribution in [0.5, 0.6) is 5.75 Å². The number of nitrogens with one attached hydrogen (secondary N) is 3. The number of hydrogen-bond donors (Lipinski definition) is 4. The lowest BCUT2D eigenvalue weighted by Crippen LogP contribution is -2.26. The first-order valence-electron chi connectivity index (χ1n) is 9.92. The van der Waals surface area contributed by atoms with Crippen LogP contribution in [0.25, 0.3) is 0 Å². The van der Waals surface area contributed by atoms with E-state index in [0.717, 1.165) is 24.2 Å². The fraction of sp³-hybridized carbons (Fsp3) is 0.182. The van der Waals surface area contributed by atoms with Crippen LogP contribution >= 0.6 is 22.9 Å². The van der Waals surface area contributed by atoms with Crippen molar-refractivity contribution in [3.05, 3.63) is 64.0 Å². The van der Waals surface area contributed by atoms with Crippen molar-refractivity contribution in [2.45, 2.75) is 25.5 Å². The number of ether oxygens (including phenoxy) is 1. The predicted molar refractivity (Wildman–Crippen MR) is 125 cm³/mol. The van der Waals surface area contributed by atoms with Crippen molar-refractivity contribution in [1.29, 1.82) is 0 Å². The molecule has 1 aliphatic rings. The van der Waals surface area contributed by atoms with Crippen LogP contribution in [0.4, 0.5) is 30.8 Å². The number of carbonyl (C=O) groups is 2. The summed E-state index contributed by atoms with van der Waals surface area (Å²) in [4.78, 5) is 25.9. The van der Waals surface area contributed by atoms with Gasteiger partial charge in [-0.05, 0) is 61.4 Å². The minimum atomic E-state index is -2.94. The van der Waals surface area contributed by atoms with E-state index in [9.17, 15) is 18.4 Å². The topological polar surface area (TPSA) is 105 Å². The van der Waals surface area contributed by atoms with E-state index in [1.165, 1.54) is 24.3 Å². The molecule has 11 heteroatoms. The summed E-state index contributed by atoms with van der Waals surface area (Å²) >= 11 is 6.97. The molecule has 0 aliphatic heterocycles. The highest BCUT2D eigenvalue weighted by atomic mass is 35.5. The summed E-state index contributed by atoms with van der Waals surface area (Å²) in [5, 5.41) is 9.65. The third kappa shape index (κ3) is 5.71. The van der Waals surface area contributed by atoms with Gasteiger partial charge in [0.05, 0.1) is 11.3 Å². The van der Waals surface area contributed by atoms with Gasteiger partial charge in [-0.1, -0.05) is 11.6 Å². The Hall–Kier alpha value is -3.37. The number of amides is 2. The summed E-state index contributed by atoms with van der Waals surface area (Å²) in [5.41, 5.74) is 7.49. The van der Waals surface area contributed by atoms with E-state index >= 15 is 0 Å². The molecule has 1 aromatic heterocycles. The smallest absolute Gasteiger partial charge is 0.387 e. The third-order valence-corrected chi connectivity index (χ3v) is 6.10. The minimum absolute atomic E-state index is 0.0351. The van der Waals surface area contributed by atoms with Crippen molar-refractivity contribution in [1.82, 2.24) is 5.32 Å². The van der Waals surface area contributed by atoms with Crippen LogP contribution in [-0.2, 0) is 0 Å². The monoisotopic (exact) mass is 492 g/mol. The lowest BCUT2D eigenvalue weighted by Gasteiger charge is -2.09. The zero-order chi connectivity index (χ0) is 23.5. The summed E-state index contributed by atoms with van der Waals surface area (Å²) < 4.78 is 28.9. The molecule has 1 aliphatic carbocycles. The van der Waals surface area contributed by atoms with Gasteiger partial charge < -0.3 is 26.4 Å². The van der Waals surface area contributed by atoms with E-state index in [1.807, 2.05) is 0 Å². The zero-order valence-corrected chi connectivity index (χ0v) is 18.6. The molecule has 1 heterocycles. The molecule has 3 aromatic rings. The summed E-state index contributed by atoms with van der Waals surface area (Å²) in [7, 11) is 0. The van der Waals surface area contributed by atoms with Crippen molar-refractivity contribution in [2.75, 3.05) is 16.4 Å². The van der Waals surface area contributed by atoms with E-state index in [-0.39, 0.29) is 33.8 Å². The Morgan fingerprint density at radius 2 is 1.67 bits per heavy atom. The maximum atomic E-state index is 12.9. The summed E-state index contributed by atoms with van der Waals surface area (Å²) in [6.45, 7) is -2.94. The molecule has 5 N–H and O–H groups in total. The maximum Gasteiger partial charge on any atom is 0.387 e. The number of nitrogens with two attached hydrogens (primary N) is 1. The molecule has 1 fully saturated rings. The quantitative estimate of drug-likeness (QED) is 0.333. The Morgan fingerprint density at radius 1 is 1.03 bits per heavy atom. The number of anilines is 4. The normalized spacial score (nSPS) is 13.0. The van der Waals surface area contributed by atoms with Gasteiger partial charge in [-0.3, -0.25) is 9.59 Å². The molecule has 2 aromatic carbocycles. The van der Waals surface area contributed by atoms with Crippen molar-refractivity contribution >= 4 is 56.8 Å². The molecular weight excluding hydrogens is 474 g/mol. The van der Waals surface area contributed by atoms with E-state index in [2.05, 4.69) is 20.7 Å². The van der Waals surface area contributed by atoms with Crippen molar-refractivity contribution < 1.29 is 23.1 Å². The van der Waals surface area contributed by atoms with Crippen LogP contribution < -0.4 is 26.4 Å². The first-order chi connectivity index (χ1) is 15.8. The number of nitrogen functional groups attached to an aromatic ring is 1. The Morgan fingerprint density at radius 3 is 2.27 bits per heavy atom. The largest absolute Gasteiger partial charge is 0.435 e. The number of halogens is 3. The van der Waals surface area contributed by atoms with Gasteiger partial charge >= 0.3 is 6.61 Å². The highest BCUT2D eigenvalue weighted by Gasteiger charge is 2.30. The fourth-order valence-electron chi connectivity index (χ4n) is 2.98. The molecule has 172 valence electrons. The standard InChI is InChI=1S/C22H19ClF2N4O3S/c23-11-1-3-14(4-2-11)29-21-16(19(30)27-12-5-6-12)17(26)18(33-21)20(31)28-13-7-9-15(10-8-13)32-22(24)25/h1-4,7-10,12,22,29H,5-6,26H2,(H,27,30)(H,28,31). The Labute approximate surface area is 196 Å². The molecule has 2 amide bonds. The number of carbonyl (C=O) groups excluding carboxylic acids is 2. The van der Waals surface area contributed by atoms with E-state index in [4.69, 9.17) is 17.3 Å². The summed E-state index contributed by atoms with van der Waals surface area (Å²) in [6.07, 6.45) is 1.79. The van der Waals surface area contributed by atoms with Crippen LogP contribution in [0.1, 0.15) is 32.9 Å². The van der Waals surface area contributed by atoms with E-state index in [1.54, 1.807) is 24.3 Å². The molecule has 0 bridgehead atoms. The van der Waals surface area contributed by atoms with Crippen molar-refractivity contribution in [2.24, 2.45) is 0 Å². The second-order valence-electron chi connectivity index (χ2n) is 7.29. The molecule has 7 nitrogen and oxygen atoms in total. The highest BCUT2D eigenvalue weighted by Crippen LogP contribution is 2.38. The number of thiophene rings is 1. The van der Waals surface area contributed by atoms with Gasteiger partial charge in [0.25, 0.3) is 11.8 Å². The molecule has 0 unspecified atom stereocenters. The van der Waals surface area contributed by atoms with Crippen LogP contribution in [0, 0.1) is 0 Å². The molecular formula is C22H19ClF2N4O3S. The lowest BCUT2D eigenvalue weighted by atomic mass is 10.2. The van der Waals surface area contributed by atoms with Crippen molar-refractivity contribution in [3.8, 4) is 5.75 Å². The van der Waals surface area contributed by atoms with Gasteiger partial charge in [0.15, 0.2) is 0 Å². The van der Waals surface area contributed by atoms with Crippen LogP contribution in [0.15, 0.2) is 48.5 Å².